The Hall–Kier alpha value is -2.20. The van der Waals surface area contributed by atoms with Crippen molar-refractivity contribution in [1.29, 1.82) is 5.26 Å². The van der Waals surface area contributed by atoms with Gasteiger partial charge in [0.2, 0.25) is 0 Å². The third kappa shape index (κ3) is 2.43. The SMILES string of the molecule is Cc1sc(C=C(C#N)C(N)=O)cc1[N+](=O)[O-]. The fraction of sp³-hybridized carbons (Fsp3) is 0.111. The molecule has 0 aliphatic heterocycles. The van der Waals surface area contributed by atoms with Crippen LogP contribution < -0.4 is 5.73 Å². The van der Waals surface area contributed by atoms with Gasteiger partial charge in [-0.25, -0.2) is 0 Å². The van der Waals surface area contributed by atoms with Crippen LogP contribution in [0.1, 0.15) is 9.75 Å². The summed E-state index contributed by atoms with van der Waals surface area (Å²) in [6.07, 6.45) is 1.24. The molecule has 0 unspecified atom stereocenters. The van der Waals surface area contributed by atoms with E-state index in [2.05, 4.69) is 0 Å². The van der Waals surface area contributed by atoms with Crippen LogP contribution in [0, 0.1) is 28.4 Å². The van der Waals surface area contributed by atoms with Crippen molar-refractivity contribution in [3.63, 3.8) is 0 Å². The molecule has 1 amide bonds. The van der Waals surface area contributed by atoms with Crippen molar-refractivity contribution in [1.82, 2.24) is 0 Å². The average Bonchev–Trinajstić information content (AvgIpc) is 2.55. The summed E-state index contributed by atoms with van der Waals surface area (Å²) in [5, 5.41) is 19.2. The lowest BCUT2D eigenvalue weighted by Gasteiger charge is -1.87. The molecule has 1 aromatic rings. The quantitative estimate of drug-likeness (QED) is 0.370. The van der Waals surface area contributed by atoms with Crippen LogP contribution in [-0.2, 0) is 4.79 Å². The third-order valence-electron chi connectivity index (χ3n) is 1.78. The van der Waals surface area contributed by atoms with E-state index in [-0.39, 0.29) is 11.3 Å². The predicted octanol–water partition coefficient (Wildman–Crippen LogP) is 1.36. The minimum absolute atomic E-state index is 0.0296. The zero-order chi connectivity index (χ0) is 12.3. The van der Waals surface area contributed by atoms with Gasteiger partial charge in [0.25, 0.3) is 11.6 Å². The van der Waals surface area contributed by atoms with Crippen LogP contribution in [0.2, 0.25) is 0 Å². The number of aryl methyl sites for hydroxylation is 1. The minimum Gasteiger partial charge on any atom is -0.365 e. The molecule has 0 radical (unpaired) electrons. The Bertz CT molecular complexity index is 525. The van der Waals surface area contributed by atoms with E-state index < -0.39 is 10.8 Å². The predicted molar refractivity (Wildman–Crippen MR) is 58.5 cm³/mol. The second-order valence-corrected chi connectivity index (χ2v) is 4.17. The first-order valence-electron chi connectivity index (χ1n) is 4.12. The smallest absolute Gasteiger partial charge is 0.283 e. The molecule has 0 saturated heterocycles. The number of carbonyl (C=O) groups excluding carboxylic acids is 1. The summed E-state index contributed by atoms with van der Waals surface area (Å²) in [6, 6.07) is 2.94. The van der Waals surface area contributed by atoms with Crippen molar-refractivity contribution in [2.45, 2.75) is 6.92 Å². The molecule has 0 aromatic carbocycles. The van der Waals surface area contributed by atoms with E-state index in [0.717, 1.165) is 11.3 Å². The molecule has 0 aliphatic rings. The van der Waals surface area contributed by atoms with Crippen LogP contribution in [-0.4, -0.2) is 10.8 Å². The Morgan fingerprint density at radius 1 is 1.75 bits per heavy atom. The van der Waals surface area contributed by atoms with Gasteiger partial charge in [-0.1, -0.05) is 0 Å². The van der Waals surface area contributed by atoms with E-state index in [0.29, 0.717) is 9.75 Å². The van der Waals surface area contributed by atoms with Crippen LogP contribution in [0.15, 0.2) is 11.6 Å². The van der Waals surface area contributed by atoms with Crippen molar-refractivity contribution < 1.29 is 9.72 Å². The molecular formula is C9H7N3O3S. The Labute approximate surface area is 94.8 Å². The van der Waals surface area contributed by atoms with Crippen molar-refractivity contribution >= 4 is 29.0 Å². The molecule has 0 bridgehead atoms. The summed E-state index contributed by atoms with van der Waals surface area (Å²) in [7, 11) is 0. The van der Waals surface area contributed by atoms with Crippen molar-refractivity contribution in [2.24, 2.45) is 5.73 Å². The van der Waals surface area contributed by atoms with Crippen LogP contribution in [0.5, 0.6) is 0 Å². The maximum Gasteiger partial charge on any atom is 0.283 e. The van der Waals surface area contributed by atoms with Gasteiger partial charge in [0.1, 0.15) is 11.6 Å². The van der Waals surface area contributed by atoms with Gasteiger partial charge in [0.15, 0.2) is 0 Å². The average molecular weight is 237 g/mol. The number of nitriles is 1. The van der Waals surface area contributed by atoms with Gasteiger partial charge in [-0.3, -0.25) is 14.9 Å². The van der Waals surface area contributed by atoms with E-state index in [1.165, 1.54) is 12.1 Å². The molecular weight excluding hydrogens is 230 g/mol. The highest BCUT2D eigenvalue weighted by atomic mass is 32.1. The minimum atomic E-state index is -0.851. The largest absolute Gasteiger partial charge is 0.365 e. The van der Waals surface area contributed by atoms with E-state index in [4.69, 9.17) is 11.0 Å². The van der Waals surface area contributed by atoms with Crippen LogP contribution in [0.3, 0.4) is 0 Å². The second-order valence-electron chi connectivity index (χ2n) is 2.88. The Kier molecular flexibility index (Phi) is 3.37. The van der Waals surface area contributed by atoms with Gasteiger partial charge >= 0.3 is 0 Å². The Morgan fingerprint density at radius 2 is 2.38 bits per heavy atom. The number of carbonyl (C=O) groups is 1. The highest BCUT2D eigenvalue weighted by Crippen LogP contribution is 2.29. The first-order valence-corrected chi connectivity index (χ1v) is 4.93. The fourth-order valence-electron chi connectivity index (χ4n) is 1.05. The molecule has 16 heavy (non-hydrogen) atoms. The number of rotatable bonds is 3. The molecule has 2 N–H and O–H groups in total. The van der Waals surface area contributed by atoms with Gasteiger partial charge in [-0.15, -0.1) is 11.3 Å². The maximum atomic E-state index is 10.8. The van der Waals surface area contributed by atoms with Crippen molar-refractivity contribution in [3.05, 3.63) is 31.5 Å². The molecule has 0 saturated carbocycles. The summed E-state index contributed by atoms with van der Waals surface area (Å²) in [6.45, 7) is 1.59. The first kappa shape index (κ1) is 11.9. The lowest BCUT2D eigenvalue weighted by atomic mass is 10.2. The Morgan fingerprint density at radius 3 is 2.75 bits per heavy atom. The molecule has 1 rings (SSSR count). The van der Waals surface area contributed by atoms with E-state index in [1.54, 1.807) is 13.0 Å². The fourth-order valence-corrected chi connectivity index (χ4v) is 1.99. The van der Waals surface area contributed by atoms with Crippen LogP contribution in [0.25, 0.3) is 6.08 Å². The van der Waals surface area contributed by atoms with Crippen LogP contribution in [0.4, 0.5) is 5.69 Å². The molecule has 7 heteroatoms. The van der Waals surface area contributed by atoms with Gasteiger partial charge < -0.3 is 5.73 Å². The highest BCUT2D eigenvalue weighted by Gasteiger charge is 2.15. The number of nitrogens with zero attached hydrogens (tertiary/aromatic N) is 2. The molecule has 0 fully saturated rings. The monoisotopic (exact) mass is 237 g/mol. The van der Waals surface area contributed by atoms with E-state index in [9.17, 15) is 14.9 Å². The van der Waals surface area contributed by atoms with Gasteiger partial charge in [-0.05, 0) is 13.0 Å². The molecule has 0 atom stereocenters. The first-order chi connectivity index (χ1) is 7.45. The number of amides is 1. The molecule has 1 heterocycles. The molecule has 82 valence electrons. The standard InChI is InChI=1S/C9H7N3O3S/c1-5-8(12(14)15)3-7(16-5)2-6(4-10)9(11)13/h2-3H,1H3,(H2,11,13). The van der Waals surface area contributed by atoms with E-state index >= 15 is 0 Å². The summed E-state index contributed by atoms with van der Waals surface area (Å²) >= 11 is 1.13. The summed E-state index contributed by atoms with van der Waals surface area (Å²) in [5.41, 5.74) is 4.69. The van der Waals surface area contributed by atoms with Gasteiger partial charge in [0, 0.05) is 10.9 Å². The normalized spacial score (nSPS) is 10.9. The van der Waals surface area contributed by atoms with Gasteiger partial charge in [-0.2, -0.15) is 5.26 Å². The zero-order valence-electron chi connectivity index (χ0n) is 8.26. The molecule has 0 aliphatic carbocycles. The lowest BCUT2D eigenvalue weighted by Crippen LogP contribution is -2.12. The third-order valence-corrected chi connectivity index (χ3v) is 2.77. The number of nitrogens with two attached hydrogens (primary N) is 1. The summed E-state index contributed by atoms with van der Waals surface area (Å²) in [4.78, 5) is 21.8. The van der Waals surface area contributed by atoms with Gasteiger partial charge in [0.05, 0.1) is 9.80 Å². The summed E-state index contributed by atoms with van der Waals surface area (Å²) < 4.78 is 0. The number of hydrogen-bond donors (Lipinski definition) is 1. The highest BCUT2D eigenvalue weighted by molar-refractivity contribution is 7.13. The molecule has 6 nitrogen and oxygen atoms in total. The number of hydrogen-bond acceptors (Lipinski definition) is 5. The zero-order valence-corrected chi connectivity index (χ0v) is 9.08. The second kappa shape index (κ2) is 4.55. The van der Waals surface area contributed by atoms with E-state index in [1.807, 2.05) is 0 Å². The molecule has 1 aromatic heterocycles. The lowest BCUT2D eigenvalue weighted by molar-refractivity contribution is -0.385. The van der Waals surface area contributed by atoms with Crippen molar-refractivity contribution in [3.8, 4) is 6.07 Å². The molecule has 0 spiro atoms. The number of thiophene rings is 1. The number of nitro groups is 1. The van der Waals surface area contributed by atoms with Crippen molar-refractivity contribution in [2.75, 3.05) is 0 Å². The topological polar surface area (TPSA) is 110 Å². The summed E-state index contributed by atoms with van der Waals surface area (Å²) in [5.74, 6) is -0.851. The number of primary amides is 1. The Balaban J connectivity index is 3.17. The maximum absolute atomic E-state index is 10.8. The van der Waals surface area contributed by atoms with Crippen LogP contribution >= 0.6 is 11.3 Å².